The van der Waals surface area contributed by atoms with E-state index >= 15 is 0 Å². The lowest BCUT2D eigenvalue weighted by Crippen LogP contribution is -2.60. The molecule has 1 saturated heterocycles. The van der Waals surface area contributed by atoms with E-state index in [4.69, 9.17) is 9.47 Å². The first-order valence-electron chi connectivity index (χ1n) is 10.7. The fraction of sp³-hybridized carbons (Fsp3) is 0.950. The Balaban J connectivity index is 1.39. The van der Waals surface area contributed by atoms with E-state index in [1.165, 1.54) is 44.9 Å². The van der Waals surface area contributed by atoms with Crippen LogP contribution >= 0.6 is 0 Å². The molecule has 1 heterocycles. The topological polar surface area (TPSA) is 58.1 Å². The third-order valence-corrected chi connectivity index (χ3v) is 6.08. The number of hydrogen-bond donors (Lipinski definition) is 2. The summed E-state index contributed by atoms with van der Waals surface area (Å²) in [5.41, 5.74) is 0.271. The Hall–Kier alpha value is -0.850. The second-order valence-electron chi connectivity index (χ2n) is 8.11. The number of hydrogen-bond acceptors (Lipinski definition) is 4. The Morgan fingerprint density at radius 2 is 1.92 bits per heavy atom. The standard InChI is InChI=1S/C20H38N4O2/c1-21-19(22-10-5-13-26-16-18-6-7-18)23-17-20(8-3-2-4-9-20)24-11-14-25-15-12-24/h18H,2-17H2,1H3,(H2,21,22,23). The van der Waals surface area contributed by atoms with Crippen LogP contribution in [0.15, 0.2) is 4.99 Å². The summed E-state index contributed by atoms with van der Waals surface area (Å²) in [6.07, 6.45) is 10.4. The summed E-state index contributed by atoms with van der Waals surface area (Å²) < 4.78 is 11.3. The first-order valence-corrected chi connectivity index (χ1v) is 10.7. The maximum Gasteiger partial charge on any atom is 0.191 e. The van der Waals surface area contributed by atoms with Crippen LogP contribution in [-0.4, -0.2) is 76.1 Å². The zero-order chi connectivity index (χ0) is 18.1. The van der Waals surface area contributed by atoms with Gasteiger partial charge >= 0.3 is 0 Å². The second-order valence-corrected chi connectivity index (χ2v) is 8.11. The highest BCUT2D eigenvalue weighted by molar-refractivity contribution is 5.79. The second kappa shape index (κ2) is 10.5. The van der Waals surface area contributed by atoms with Gasteiger partial charge in [0, 0.05) is 52.0 Å². The van der Waals surface area contributed by atoms with E-state index in [0.717, 1.165) is 70.9 Å². The van der Waals surface area contributed by atoms with Crippen LogP contribution in [0.25, 0.3) is 0 Å². The summed E-state index contributed by atoms with van der Waals surface area (Å²) in [4.78, 5) is 7.08. The van der Waals surface area contributed by atoms with Gasteiger partial charge in [-0.3, -0.25) is 9.89 Å². The molecule has 1 aliphatic heterocycles. The smallest absolute Gasteiger partial charge is 0.191 e. The van der Waals surface area contributed by atoms with Gasteiger partial charge in [0.25, 0.3) is 0 Å². The molecule has 2 aliphatic carbocycles. The number of nitrogens with zero attached hydrogens (tertiary/aromatic N) is 2. The van der Waals surface area contributed by atoms with Crippen LogP contribution in [0.5, 0.6) is 0 Å². The lowest BCUT2D eigenvalue weighted by atomic mass is 9.80. The van der Waals surface area contributed by atoms with Crippen LogP contribution in [0.2, 0.25) is 0 Å². The molecule has 0 aromatic rings. The molecule has 0 atom stereocenters. The first kappa shape index (κ1) is 19.9. The lowest BCUT2D eigenvalue weighted by Gasteiger charge is -2.48. The van der Waals surface area contributed by atoms with Crippen molar-refractivity contribution in [2.24, 2.45) is 10.9 Å². The molecule has 0 bridgehead atoms. The van der Waals surface area contributed by atoms with Gasteiger partial charge in [0.15, 0.2) is 5.96 Å². The molecule has 0 aromatic carbocycles. The van der Waals surface area contributed by atoms with Gasteiger partial charge in [0.1, 0.15) is 0 Å². The maximum absolute atomic E-state index is 5.70. The molecule has 6 heteroatoms. The van der Waals surface area contributed by atoms with Crippen molar-refractivity contribution in [1.82, 2.24) is 15.5 Å². The Kier molecular flexibility index (Phi) is 8.02. The van der Waals surface area contributed by atoms with Crippen LogP contribution in [0.4, 0.5) is 0 Å². The molecule has 0 unspecified atom stereocenters. The van der Waals surface area contributed by atoms with Gasteiger partial charge in [-0.15, -0.1) is 0 Å². The number of nitrogens with one attached hydrogen (secondary N) is 2. The lowest BCUT2D eigenvalue weighted by molar-refractivity contribution is -0.0352. The minimum atomic E-state index is 0.271. The molecule has 2 N–H and O–H groups in total. The summed E-state index contributed by atoms with van der Waals surface area (Å²) >= 11 is 0. The molecule has 3 aliphatic rings. The van der Waals surface area contributed by atoms with Crippen molar-refractivity contribution in [2.75, 3.05) is 59.7 Å². The Morgan fingerprint density at radius 3 is 2.62 bits per heavy atom. The van der Waals surface area contributed by atoms with Crippen molar-refractivity contribution >= 4 is 5.96 Å². The minimum Gasteiger partial charge on any atom is -0.381 e. The number of rotatable bonds is 9. The van der Waals surface area contributed by atoms with Crippen LogP contribution in [0, 0.1) is 5.92 Å². The molecule has 150 valence electrons. The summed E-state index contributed by atoms with van der Waals surface area (Å²) in [7, 11) is 1.86. The van der Waals surface area contributed by atoms with E-state index in [0.29, 0.717) is 0 Å². The van der Waals surface area contributed by atoms with Crippen molar-refractivity contribution < 1.29 is 9.47 Å². The van der Waals surface area contributed by atoms with E-state index in [1.807, 2.05) is 7.05 Å². The van der Waals surface area contributed by atoms with Gasteiger partial charge in [-0.2, -0.15) is 0 Å². The SMILES string of the molecule is CN=C(NCCCOCC1CC1)NCC1(N2CCOCC2)CCCCC1. The van der Waals surface area contributed by atoms with Crippen molar-refractivity contribution in [3.05, 3.63) is 0 Å². The van der Waals surface area contributed by atoms with Crippen molar-refractivity contribution in [2.45, 2.75) is 56.9 Å². The highest BCUT2D eigenvalue weighted by atomic mass is 16.5. The average Bonchev–Trinajstić information content (AvgIpc) is 3.53. The van der Waals surface area contributed by atoms with E-state index < -0.39 is 0 Å². The van der Waals surface area contributed by atoms with Crippen molar-refractivity contribution in [3.8, 4) is 0 Å². The highest BCUT2D eigenvalue weighted by Crippen LogP contribution is 2.33. The molecule has 0 spiro atoms. The quantitative estimate of drug-likeness (QED) is 0.371. The number of ether oxygens (including phenoxy) is 2. The monoisotopic (exact) mass is 366 g/mol. The van der Waals surface area contributed by atoms with Gasteiger partial charge < -0.3 is 20.1 Å². The van der Waals surface area contributed by atoms with Gasteiger partial charge in [0.05, 0.1) is 13.2 Å². The largest absolute Gasteiger partial charge is 0.381 e. The zero-order valence-electron chi connectivity index (χ0n) is 16.6. The molecule has 3 rings (SSSR count). The number of morpholine rings is 1. The van der Waals surface area contributed by atoms with E-state index in [-0.39, 0.29) is 5.54 Å². The van der Waals surface area contributed by atoms with Gasteiger partial charge in [-0.05, 0) is 38.0 Å². The molecule has 0 amide bonds. The zero-order valence-corrected chi connectivity index (χ0v) is 16.6. The third-order valence-electron chi connectivity index (χ3n) is 6.08. The van der Waals surface area contributed by atoms with Crippen LogP contribution in [-0.2, 0) is 9.47 Å². The van der Waals surface area contributed by atoms with E-state index in [2.05, 4.69) is 20.5 Å². The predicted octanol–water partition coefficient (Wildman–Crippen LogP) is 2.00. The van der Waals surface area contributed by atoms with E-state index in [1.54, 1.807) is 0 Å². The first-order chi connectivity index (χ1) is 12.8. The highest BCUT2D eigenvalue weighted by Gasteiger charge is 2.38. The molecule has 26 heavy (non-hydrogen) atoms. The molecular formula is C20H38N4O2. The number of guanidine groups is 1. The summed E-state index contributed by atoms with van der Waals surface area (Å²) in [6.45, 7) is 7.55. The van der Waals surface area contributed by atoms with E-state index in [9.17, 15) is 0 Å². The Morgan fingerprint density at radius 1 is 1.15 bits per heavy atom. The maximum atomic E-state index is 5.70. The van der Waals surface area contributed by atoms with Gasteiger partial charge in [-0.1, -0.05) is 19.3 Å². The molecule has 6 nitrogen and oxygen atoms in total. The summed E-state index contributed by atoms with van der Waals surface area (Å²) in [5.74, 6) is 1.77. The third kappa shape index (κ3) is 6.10. The summed E-state index contributed by atoms with van der Waals surface area (Å²) in [6, 6.07) is 0. The normalized spacial score (nSPS) is 24.4. The Labute approximate surface area is 159 Å². The van der Waals surface area contributed by atoms with Gasteiger partial charge in [0.2, 0.25) is 0 Å². The fourth-order valence-electron chi connectivity index (χ4n) is 4.24. The summed E-state index contributed by atoms with van der Waals surface area (Å²) in [5, 5.41) is 7.06. The fourth-order valence-corrected chi connectivity index (χ4v) is 4.24. The van der Waals surface area contributed by atoms with Crippen molar-refractivity contribution in [3.63, 3.8) is 0 Å². The Bertz CT molecular complexity index is 428. The van der Waals surface area contributed by atoms with Crippen LogP contribution < -0.4 is 10.6 Å². The molecule has 0 radical (unpaired) electrons. The predicted molar refractivity (Wildman–Crippen MR) is 106 cm³/mol. The molecule has 0 aromatic heterocycles. The van der Waals surface area contributed by atoms with Gasteiger partial charge in [-0.25, -0.2) is 0 Å². The minimum absolute atomic E-state index is 0.271. The van der Waals surface area contributed by atoms with Crippen LogP contribution in [0.3, 0.4) is 0 Å². The molecule has 3 fully saturated rings. The molecule has 2 saturated carbocycles. The van der Waals surface area contributed by atoms with Crippen molar-refractivity contribution in [1.29, 1.82) is 0 Å². The number of aliphatic imine (C=N–C) groups is 1. The van der Waals surface area contributed by atoms with Crippen LogP contribution in [0.1, 0.15) is 51.4 Å². The molecular weight excluding hydrogens is 328 g/mol. The average molecular weight is 367 g/mol.